The molecule has 2 amide bonds. The Balaban J connectivity index is 1.55. The van der Waals surface area contributed by atoms with Crippen molar-refractivity contribution >= 4 is 44.7 Å². The molecule has 2 N–H and O–H groups in total. The third-order valence-electron chi connectivity index (χ3n) is 4.48. The van der Waals surface area contributed by atoms with Crippen LogP contribution in [-0.4, -0.2) is 37.9 Å². The first-order chi connectivity index (χ1) is 13.0. The van der Waals surface area contributed by atoms with Crippen molar-refractivity contribution in [3.05, 3.63) is 46.8 Å². The number of hydrogen-bond acceptors (Lipinski definition) is 4. The molecule has 146 valence electrons. The van der Waals surface area contributed by atoms with Crippen molar-refractivity contribution in [2.75, 3.05) is 18.4 Å². The number of benzene rings is 1. The van der Waals surface area contributed by atoms with E-state index in [2.05, 4.69) is 10.6 Å². The molecule has 1 saturated heterocycles. The zero-order chi connectivity index (χ0) is 19.3. The lowest BCUT2D eigenvalue weighted by Gasteiger charge is -2.34. The Hall–Kier alpha value is -1.61. The van der Waals surface area contributed by atoms with Gasteiger partial charge in [-0.25, -0.2) is 13.2 Å². The smallest absolute Gasteiger partial charge is 0.319 e. The van der Waals surface area contributed by atoms with Crippen LogP contribution in [0.4, 0.5) is 10.5 Å². The Bertz CT molecular complexity index is 872. The second-order valence-electron chi connectivity index (χ2n) is 6.38. The van der Waals surface area contributed by atoms with E-state index in [1.807, 2.05) is 0 Å². The third-order valence-corrected chi connectivity index (χ3v) is 8.04. The summed E-state index contributed by atoms with van der Waals surface area (Å²) in [7, 11) is -3.46. The van der Waals surface area contributed by atoms with Gasteiger partial charge in [0.1, 0.15) is 4.21 Å². The first-order valence-electron chi connectivity index (χ1n) is 8.82. The molecule has 0 saturated carbocycles. The molecule has 2 heterocycles. The van der Waals surface area contributed by atoms with Crippen LogP contribution < -0.4 is 10.6 Å². The molecule has 1 unspecified atom stereocenters. The van der Waals surface area contributed by atoms with Crippen molar-refractivity contribution in [2.24, 2.45) is 0 Å². The molecular weight excluding hydrogens is 406 g/mol. The number of carbonyl (C=O) groups is 1. The Morgan fingerprint density at radius 2 is 2.11 bits per heavy atom. The summed E-state index contributed by atoms with van der Waals surface area (Å²) >= 11 is 7.14. The number of rotatable bonds is 6. The molecule has 1 aliphatic heterocycles. The van der Waals surface area contributed by atoms with Gasteiger partial charge in [0, 0.05) is 29.8 Å². The number of thiophene rings is 1. The number of piperidine rings is 1. The highest BCUT2D eigenvalue weighted by Gasteiger charge is 2.33. The van der Waals surface area contributed by atoms with Crippen LogP contribution in [0, 0.1) is 0 Å². The summed E-state index contributed by atoms with van der Waals surface area (Å²) in [6, 6.07) is 9.86. The summed E-state index contributed by atoms with van der Waals surface area (Å²) in [5, 5.41) is 7.83. The van der Waals surface area contributed by atoms with Crippen molar-refractivity contribution < 1.29 is 13.2 Å². The fourth-order valence-electron chi connectivity index (χ4n) is 3.20. The molecule has 1 atom stereocenters. The van der Waals surface area contributed by atoms with E-state index >= 15 is 0 Å². The monoisotopic (exact) mass is 427 g/mol. The molecule has 1 aromatic carbocycles. The highest BCUT2D eigenvalue weighted by molar-refractivity contribution is 7.91. The number of sulfonamides is 1. The minimum absolute atomic E-state index is 0.0997. The summed E-state index contributed by atoms with van der Waals surface area (Å²) in [6.07, 6.45) is 3.25. The van der Waals surface area contributed by atoms with Gasteiger partial charge in [0.05, 0.1) is 0 Å². The average molecular weight is 428 g/mol. The molecule has 0 aliphatic carbocycles. The summed E-state index contributed by atoms with van der Waals surface area (Å²) in [5.41, 5.74) is 0.611. The van der Waals surface area contributed by atoms with Crippen LogP contribution in [0.15, 0.2) is 46.0 Å². The van der Waals surface area contributed by atoms with E-state index in [-0.39, 0.29) is 12.1 Å². The number of halogens is 1. The molecule has 1 fully saturated rings. The van der Waals surface area contributed by atoms with Gasteiger partial charge in [-0.05, 0) is 48.9 Å². The van der Waals surface area contributed by atoms with Crippen molar-refractivity contribution in [2.45, 2.75) is 35.9 Å². The van der Waals surface area contributed by atoms with Gasteiger partial charge in [0.25, 0.3) is 10.0 Å². The Morgan fingerprint density at radius 1 is 1.26 bits per heavy atom. The first kappa shape index (κ1) is 20.1. The summed E-state index contributed by atoms with van der Waals surface area (Å²) in [6.45, 7) is 0.924. The van der Waals surface area contributed by atoms with E-state index in [9.17, 15) is 13.2 Å². The maximum Gasteiger partial charge on any atom is 0.319 e. The fraction of sp³-hybridized carbons (Fsp3) is 0.389. The van der Waals surface area contributed by atoms with Gasteiger partial charge >= 0.3 is 6.03 Å². The van der Waals surface area contributed by atoms with Crippen LogP contribution >= 0.6 is 22.9 Å². The zero-order valence-corrected chi connectivity index (χ0v) is 17.1. The fourth-order valence-corrected chi connectivity index (χ4v) is 6.23. The molecule has 0 bridgehead atoms. The topological polar surface area (TPSA) is 78.5 Å². The predicted molar refractivity (Wildman–Crippen MR) is 109 cm³/mol. The van der Waals surface area contributed by atoms with Gasteiger partial charge in [-0.1, -0.05) is 30.2 Å². The molecule has 1 aromatic heterocycles. The highest BCUT2D eigenvalue weighted by atomic mass is 35.5. The quantitative estimate of drug-likeness (QED) is 0.726. The van der Waals surface area contributed by atoms with E-state index in [4.69, 9.17) is 11.6 Å². The summed E-state index contributed by atoms with van der Waals surface area (Å²) in [5.74, 6) is 0. The van der Waals surface area contributed by atoms with Gasteiger partial charge < -0.3 is 10.6 Å². The van der Waals surface area contributed by atoms with Crippen LogP contribution in [0.5, 0.6) is 0 Å². The molecule has 3 rings (SSSR count). The number of carbonyl (C=O) groups excluding carboxylic acids is 1. The maximum atomic E-state index is 12.9. The summed E-state index contributed by atoms with van der Waals surface area (Å²) in [4.78, 5) is 12.0. The van der Waals surface area contributed by atoms with Crippen LogP contribution in [0.1, 0.15) is 25.7 Å². The number of hydrogen-bond donors (Lipinski definition) is 2. The average Bonchev–Trinajstić information content (AvgIpc) is 3.17. The molecule has 9 heteroatoms. The van der Waals surface area contributed by atoms with Gasteiger partial charge in [-0.3, -0.25) is 0 Å². The summed E-state index contributed by atoms with van der Waals surface area (Å²) < 4.78 is 27.7. The number of nitrogens with one attached hydrogen (secondary N) is 2. The molecular formula is C18H22ClN3O3S2. The lowest BCUT2D eigenvalue weighted by Crippen LogP contribution is -2.45. The number of urea groups is 1. The van der Waals surface area contributed by atoms with Crippen LogP contribution in [0.3, 0.4) is 0 Å². The minimum Gasteiger partial charge on any atom is -0.338 e. The van der Waals surface area contributed by atoms with Gasteiger partial charge in [-0.15, -0.1) is 11.3 Å². The number of anilines is 1. The zero-order valence-electron chi connectivity index (χ0n) is 14.7. The van der Waals surface area contributed by atoms with Gasteiger partial charge in [0.2, 0.25) is 0 Å². The highest BCUT2D eigenvalue weighted by Crippen LogP contribution is 2.29. The minimum atomic E-state index is -3.46. The maximum absolute atomic E-state index is 12.9. The largest absolute Gasteiger partial charge is 0.338 e. The van der Waals surface area contributed by atoms with Crippen LogP contribution in [0.25, 0.3) is 0 Å². The predicted octanol–water partition coefficient (Wildman–Crippen LogP) is 4.16. The van der Waals surface area contributed by atoms with E-state index in [0.717, 1.165) is 19.3 Å². The molecule has 2 aromatic rings. The Kier molecular flexibility index (Phi) is 6.75. The molecule has 27 heavy (non-hydrogen) atoms. The van der Waals surface area contributed by atoms with E-state index < -0.39 is 10.0 Å². The number of nitrogens with zero attached hydrogens (tertiary/aromatic N) is 1. The van der Waals surface area contributed by atoms with E-state index in [0.29, 0.717) is 34.4 Å². The Labute approximate surface area is 168 Å². The SMILES string of the molecule is O=C(NCCC1CCCCN1S(=O)(=O)c1cccs1)Nc1cccc(Cl)c1. The molecule has 0 radical (unpaired) electrons. The third kappa shape index (κ3) is 5.22. The normalized spacial score (nSPS) is 18.2. The number of amides is 2. The van der Waals surface area contributed by atoms with Crippen LogP contribution in [-0.2, 0) is 10.0 Å². The molecule has 6 nitrogen and oxygen atoms in total. The molecule has 1 aliphatic rings. The van der Waals surface area contributed by atoms with Gasteiger partial charge in [-0.2, -0.15) is 4.31 Å². The van der Waals surface area contributed by atoms with Crippen molar-refractivity contribution in [1.82, 2.24) is 9.62 Å². The van der Waals surface area contributed by atoms with Crippen molar-refractivity contribution in [3.8, 4) is 0 Å². The lowest BCUT2D eigenvalue weighted by molar-refractivity contribution is 0.234. The van der Waals surface area contributed by atoms with Crippen molar-refractivity contribution in [3.63, 3.8) is 0 Å². The second-order valence-corrected chi connectivity index (χ2v) is 9.88. The Morgan fingerprint density at radius 3 is 2.85 bits per heavy atom. The van der Waals surface area contributed by atoms with E-state index in [1.54, 1.807) is 46.1 Å². The molecule has 0 spiro atoms. The first-order valence-corrected chi connectivity index (χ1v) is 11.5. The second kappa shape index (κ2) is 9.05. The van der Waals surface area contributed by atoms with Gasteiger partial charge in [0.15, 0.2) is 0 Å². The standard InChI is InChI=1S/C18H22ClN3O3S2/c19-14-5-3-6-15(13-14)21-18(23)20-10-9-16-7-1-2-11-22(16)27(24,25)17-8-4-12-26-17/h3-6,8,12-13,16H,1-2,7,9-11H2,(H2,20,21,23). The lowest BCUT2D eigenvalue weighted by atomic mass is 10.0. The van der Waals surface area contributed by atoms with Crippen molar-refractivity contribution in [1.29, 1.82) is 0 Å². The van der Waals surface area contributed by atoms with Crippen LogP contribution in [0.2, 0.25) is 5.02 Å². The van der Waals surface area contributed by atoms with E-state index in [1.165, 1.54) is 11.3 Å².